The first-order valence-electron chi connectivity index (χ1n) is 6.16. The van der Waals surface area contributed by atoms with Gasteiger partial charge in [0.2, 0.25) is 0 Å². The summed E-state index contributed by atoms with van der Waals surface area (Å²) in [6, 6.07) is 12.5. The molecule has 3 aromatic rings. The Bertz CT molecular complexity index is 748. The van der Waals surface area contributed by atoms with Gasteiger partial charge < -0.3 is 4.57 Å². The summed E-state index contributed by atoms with van der Waals surface area (Å²) in [6.45, 7) is 0. The molecule has 0 unspecified atom stereocenters. The maximum Gasteiger partial charge on any atom is 0.150 e. The molecule has 4 heteroatoms. The van der Waals surface area contributed by atoms with Gasteiger partial charge in [0.15, 0.2) is 5.82 Å². The van der Waals surface area contributed by atoms with Gasteiger partial charge in [0.25, 0.3) is 0 Å². The van der Waals surface area contributed by atoms with E-state index in [1.54, 1.807) is 11.3 Å². The minimum absolute atomic E-state index is 0.557. The van der Waals surface area contributed by atoms with Gasteiger partial charge in [-0.05, 0) is 35.6 Å². The minimum Gasteiger partial charge on any atom is -0.326 e. The average molecular weight is 267 g/mol. The lowest BCUT2D eigenvalue weighted by Crippen LogP contribution is -1.91. The number of thiophene rings is 1. The van der Waals surface area contributed by atoms with Crippen molar-refractivity contribution in [3.63, 3.8) is 0 Å². The Labute approximate surface area is 115 Å². The molecule has 0 spiro atoms. The van der Waals surface area contributed by atoms with Crippen LogP contribution in [-0.4, -0.2) is 9.55 Å². The summed E-state index contributed by atoms with van der Waals surface area (Å²) < 4.78 is 2.12. The molecule has 1 aromatic carbocycles. The van der Waals surface area contributed by atoms with Gasteiger partial charge >= 0.3 is 0 Å². The summed E-state index contributed by atoms with van der Waals surface area (Å²) in [5, 5.41) is 10.7. The lowest BCUT2D eigenvalue weighted by atomic mass is 10.1. The zero-order valence-corrected chi connectivity index (χ0v) is 11.4. The quantitative estimate of drug-likeness (QED) is 0.725. The average Bonchev–Trinajstić information content (AvgIpc) is 3.05. The first kappa shape index (κ1) is 11.9. The molecule has 0 saturated carbocycles. The second-order valence-electron chi connectivity index (χ2n) is 4.45. The molecule has 0 N–H and O–H groups in total. The molecule has 0 aliphatic carbocycles. The first-order valence-corrected chi connectivity index (χ1v) is 7.04. The summed E-state index contributed by atoms with van der Waals surface area (Å²) in [5.41, 5.74) is 3.32. The number of hydrogen-bond donors (Lipinski definition) is 0. The molecular weight excluding hydrogens is 254 g/mol. The van der Waals surface area contributed by atoms with Crippen molar-refractivity contribution in [1.29, 1.82) is 5.26 Å². The summed E-state index contributed by atoms with van der Waals surface area (Å²) in [7, 11) is 2.04. The molecule has 0 aliphatic heterocycles. The highest BCUT2D eigenvalue weighted by atomic mass is 32.1. The Morgan fingerprint density at radius 2 is 2.26 bits per heavy atom. The van der Waals surface area contributed by atoms with Crippen LogP contribution < -0.4 is 0 Å². The number of hydrogen-bond acceptors (Lipinski definition) is 3. The third-order valence-electron chi connectivity index (χ3n) is 3.21. The molecule has 0 radical (unpaired) electrons. The van der Waals surface area contributed by atoms with Crippen molar-refractivity contribution in [3.05, 3.63) is 41.3 Å². The zero-order chi connectivity index (χ0) is 13.2. The van der Waals surface area contributed by atoms with Crippen molar-refractivity contribution in [2.45, 2.75) is 12.8 Å². The Hall–Kier alpha value is -2.12. The van der Waals surface area contributed by atoms with Gasteiger partial charge in [0.1, 0.15) is 0 Å². The molecule has 0 saturated heterocycles. The van der Waals surface area contributed by atoms with Gasteiger partial charge in [-0.3, -0.25) is 0 Å². The van der Waals surface area contributed by atoms with Crippen LogP contribution >= 0.6 is 11.3 Å². The van der Waals surface area contributed by atoms with Gasteiger partial charge in [0.05, 0.1) is 22.0 Å². The summed E-state index contributed by atoms with van der Waals surface area (Å²) in [5.74, 6) is 1.00. The Balaban J connectivity index is 2.09. The number of nitriles is 1. The smallest absolute Gasteiger partial charge is 0.150 e. The van der Waals surface area contributed by atoms with Crippen molar-refractivity contribution in [1.82, 2.24) is 9.55 Å². The normalized spacial score (nSPS) is 10.7. The van der Waals surface area contributed by atoms with E-state index >= 15 is 0 Å². The molecule has 0 bridgehead atoms. The van der Waals surface area contributed by atoms with Crippen LogP contribution in [0.15, 0.2) is 35.7 Å². The lowest BCUT2D eigenvalue weighted by molar-refractivity contribution is 0.957. The number of fused-ring (bicyclic) bond motifs is 1. The van der Waals surface area contributed by atoms with Crippen LogP contribution in [0.5, 0.6) is 0 Å². The molecule has 3 rings (SSSR count). The molecule has 3 nitrogen and oxygen atoms in total. The number of aryl methyl sites for hydroxylation is 2. The second-order valence-corrected chi connectivity index (χ2v) is 5.40. The summed E-state index contributed by atoms with van der Waals surface area (Å²) >= 11 is 1.70. The highest BCUT2D eigenvalue weighted by molar-refractivity contribution is 7.13. The van der Waals surface area contributed by atoms with Crippen LogP contribution in [0.1, 0.15) is 12.0 Å². The first-order chi connectivity index (χ1) is 9.29. The minimum atomic E-state index is 0.557. The van der Waals surface area contributed by atoms with E-state index in [9.17, 15) is 0 Å². The Morgan fingerprint density at radius 3 is 3.00 bits per heavy atom. The van der Waals surface area contributed by atoms with E-state index < -0.39 is 0 Å². The summed E-state index contributed by atoms with van der Waals surface area (Å²) in [6.07, 6.45) is 1.35. The van der Waals surface area contributed by atoms with E-state index in [0.29, 0.717) is 6.42 Å². The van der Waals surface area contributed by atoms with Gasteiger partial charge in [-0.25, -0.2) is 4.98 Å². The molecule has 19 heavy (non-hydrogen) atoms. The molecule has 0 aliphatic rings. The number of aromatic nitrogens is 2. The van der Waals surface area contributed by atoms with Crippen LogP contribution in [0.2, 0.25) is 0 Å². The Kier molecular flexibility index (Phi) is 3.06. The third kappa shape index (κ3) is 2.13. The van der Waals surface area contributed by atoms with Crippen LogP contribution in [0.4, 0.5) is 0 Å². The third-order valence-corrected chi connectivity index (χ3v) is 4.08. The SMILES string of the molecule is Cn1c(-c2cccs2)nc2ccc(CCC#N)cc21. The monoisotopic (exact) mass is 267 g/mol. The van der Waals surface area contributed by atoms with E-state index in [2.05, 4.69) is 39.2 Å². The van der Waals surface area contributed by atoms with E-state index in [0.717, 1.165) is 23.3 Å². The van der Waals surface area contributed by atoms with Crippen LogP contribution in [0.3, 0.4) is 0 Å². The summed E-state index contributed by atoms with van der Waals surface area (Å²) in [4.78, 5) is 5.86. The van der Waals surface area contributed by atoms with E-state index in [1.165, 1.54) is 10.4 Å². The number of rotatable bonds is 3. The zero-order valence-electron chi connectivity index (χ0n) is 10.6. The van der Waals surface area contributed by atoms with Crippen molar-refractivity contribution in [2.75, 3.05) is 0 Å². The van der Waals surface area contributed by atoms with E-state index in [4.69, 9.17) is 5.26 Å². The van der Waals surface area contributed by atoms with Gasteiger partial charge in [0, 0.05) is 13.5 Å². The Morgan fingerprint density at radius 1 is 1.37 bits per heavy atom. The highest BCUT2D eigenvalue weighted by Crippen LogP contribution is 2.27. The molecule has 0 atom stereocenters. The molecule has 0 fully saturated rings. The van der Waals surface area contributed by atoms with Gasteiger partial charge in [-0.15, -0.1) is 11.3 Å². The van der Waals surface area contributed by atoms with E-state index in [-0.39, 0.29) is 0 Å². The molecule has 2 aromatic heterocycles. The van der Waals surface area contributed by atoms with Gasteiger partial charge in [-0.1, -0.05) is 12.1 Å². The second kappa shape index (κ2) is 4.87. The van der Waals surface area contributed by atoms with Crippen LogP contribution in [0.25, 0.3) is 21.7 Å². The van der Waals surface area contributed by atoms with Gasteiger partial charge in [-0.2, -0.15) is 5.26 Å². The fraction of sp³-hybridized carbons (Fsp3) is 0.200. The van der Waals surface area contributed by atoms with Crippen LogP contribution in [-0.2, 0) is 13.5 Å². The molecular formula is C15H13N3S. The topological polar surface area (TPSA) is 41.6 Å². The predicted molar refractivity (Wildman–Crippen MR) is 78.0 cm³/mol. The predicted octanol–water partition coefficient (Wildman–Crippen LogP) is 3.76. The van der Waals surface area contributed by atoms with Crippen molar-refractivity contribution in [3.8, 4) is 16.8 Å². The largest absolute Gasteiger partial charge is 0.326 e. The van der Waals surface area contributed by atoms with Crippen molar-refractivity contribution in [2.24, 2.45) is 7.05 Å². The fourth-order valence-corrected chi connectivity index (χ4v) is 2.97. The fourth-order valence-electron chi connectivity index (χ4n) is 2.22. The maximum atomic E-state index is 8.66. The highest BCUT2D eigenvalue weighted by Gasteiger charge is 2.10. The number of benzene rings is 1. The van der Waals surface area contributed by atoms with Crippen molar-refractivity contribution < 1.29 is 0 Å². The molecule has 94 valence electrons. The number of nitrogens with zero attached hydrogens (tertiary/aromatic N) is 3. The molecule has 0 amide bonds. The molecule has 2 heterocycles. The lowest BCUT2D eigenvalue weighted by Gasteiger charge is -2.01. The number of imidazole rings is 1. The maximum absolute atomic E-state index is 8.66. The van der Waals surface area contributed by atoms with Crippen molar-refractivity contribution >= 4 is 22.4 Å². The van der Waals surface area contributed by atoms with Crippen LogP contribution in [0, 0.1) is 11.3 Å². The standard InChI is InChI=1S/C15H13N3S/c1-18-13-10-11(4-2-8-16)6-7-12(13)17-15(18)14-5-3-9-19-14/h3,5-7,9-10H,2,4H2,1H3. The van der Waals surface area contributed by atoms with E-state index in [1.807, 2.05) is 19.2 Å².